The highest BCUT2D eigenvalue weighted by Gasteiger charge is 2.12. The van der Waals surface area contributed by atoms with Gasteiger partial charge >= 0.3 is 0 Å². The quantitative estimate of drug-likeness (QED) is 0.494. The van der Waals surface area contributed by atoms with Crippen LogP contribution in [0, 0.1) is 0 Å². The summed E-state index contributed by atoms with van der Waals surface area (Å²) in [5.74, 6) is -1.23. The normalized spacial score (nSPS) is 10.6. The van der Waals surface area contributed by atoms with Crippen LogP contribution in [0.4, 0.5) is 0 Å². The molecule has 5 heteroatoms. The van der Waals surface area contributed by atoms with Gasteiger partial charge in [-0.3, -0.25) is 9.78 Å². The van der Waals surface area contributed by atoms with Crippen LogP contribution in [0.2, 0.25) is 0 Å². The number of hydrogen-bond acceptors (Lipinski definition) is 4. The summed E-state index contributed by atoms with van der Waals surface area (Å²) in [5.41, 5.74) is -0.837. The SMILES string of the molecule is O=c1[nH]c(O)c2cccc(O)c2c1O. The molecule has 0 atom stereocenters. The van der Waals surface area contributed by atoms with E-state index in [2.05, 4.69) is 0 Å². The largest absolute Gasteiger partial charge is 0.507 e. The first-order valence-corrected chi connectivity index (χ1v) is 3.87. The van der Waals surface area contributed by atoms with Crippen molar-refractivity contribution in [2.45, 2.75) is 0 Å². The van der Waals surface area contributed by atoms with E-state index in [-0.39, 0.29) is 22.4 Å². The summed E-state index contributed by atoms with van der Waals surface area (Å²) in [6, 6.07) is 4.29. The van der Waals surface area contributed by atoms with Gasteiger partial charge in [0.15, 0.2) is 11.6 Å². The molecular formula is C9H7NO4. The van der Waals surface area contributed by atoms with Crippen LogP contribution in [0.25, 0.3) is 10.8 Å². The topological polar surface area (TPSA) is 93.6 Å². The van der Waals surface area contributed by atoms with Crippen molar-refractivity contribution >= 4 is 10.8 Å². The van der Waals surface area contributed by atoms with Crippen molar-refractivity contribution in [1.29, 1.82) is 0 Å². The molecule has 5 nitrogen and oxygen atoms in total. The Morgan fingerprint density at radius 3 is 2.57 bits per heavy atom. The van der Waals surface area contributed by atoms with Crippen molar-refractivity contribution in [2.75, 3.05) is 0 Å². The van der Waals surface area contributed by atoms with Gasteiger partial charge in [-0.2, -0.15) is 0 Å². The third-order valence-corrected chi connectivity index (χ3v) is 1.98. The average molecular weight is 193 g/mol. The molecule has 1 heterocycles. The van der Waals surface area contributed by atoms with Crippen molar-refractivity contribution < 1.29 is 15.3 Å². The molecule has 0 fully saturated rings. The predicted molar refractivity (Wildman–Crippen MR) is 49.6 cm³/mol. The smallest absolute Gasteiger partial charge is 0.293 e. The monoisotopic (exact) mass is 193 g/mol. The molecule has 2 rings (SSSR count). The average Bonchev–Trinajstić information content (AvgIpc) is 2.14. The van der Waals surface area contributed by atoms with Crippen molar-refractivity contribution in [3.63, 3.8) is 0 Å². The highest BCUT2D eigenvalue weighted by Crippen LogP contribution is 2.33. The number of benzene rings is 1. The fraction of sp³-hybridized carbons (Fsp3) is 0. The van der Waals surface area contributed by atoms with Crippen LogP contribution in [0.15, 0.2) is 23.0 Å². The highest BCUT2D eigenvalue weighted by atomic mass is 16.3. The Bertz CT molecular complexity index is 558. The molecule has 72 valence electrons. The second-order valence-corrected chi connectivity index (χ2v) is 2.85. The first-order valence-electron chi connectivity index (χ1n) is 3.87. The van der Waals surface area contributed by atoms with E-state index >= 15 is 0 Å². The van der Waals surface area contributed by atoms with Crippen LogP contribution in [0.3, 0.4) is 0 Å². The molecule has 0 radical (unpaired) electrons. The van der Waals surface area contributed by atoms with Crippen molar-refractivity contribution in [3.8, 4) is 17.4 Å². The lowest BCUT2D eigenvalue weighted by atomic mass is 10.1. The van der Waals surface area contributed by atoms with E-state index in [1.54, 1.807) is 0 Å². The molecule has 0 aliphatic carbocycles. The van der Waals surface area contributed by atoms with Crippen molar-refractivity contribution in [2.24, 2.45) is 0 Å². The van der Waals surface area contributed by atoms with E-state index in [0.29, 0.717) is 0 Å². The molecule has 0 aliphatic rings. The third-order valence-electron chi connectivity index (χ3n) is 1.98. The lowest BCUT2D eigenvalue weighted by Crippen LogP contribution is -2.04. The van der Waals surface area contributed by atoms with Gasteiger partial charge in [-0.1, -0.05) is 6.07 Å². The Labute approximate surface area is 77.9 Å². The summed E-state index contributed by atoms with van der Waals surface area (Å²) in [7, 11) is 0. The zero-order valence-corrected chi connectivity index (χ0v) is 6.98. The second-order valence-electron chi connectivity index (χ2n) is 2.85. The van der Waals surface area contributed by atoms with Gasteiger partial charge in [-0.15, -0.1) is 0 Å². The standard InChI is InChI=1S/C9H7NO4/c11-5-3-1-2-4-6(5)7(12)9(14)10-8(4)13/h1-3,11-12H,(H2,10,13,14). The van der Waals surface area contributed by atoms with E-state index in [9.17, 15) is 20.1 Å². The molecule has 1 aromatic carbocycles. The van der Waals surface area contributed by atoms with E-state index in [1.165, 1.54) is 18.2 Å². The Hall–Kier alpha value is -2.17. The number of rotatable bonds is 0. The molecule has 2 aromatic rings. The predicted octanol–water partition coefficient (Wildman–Crippen LogP) is 0.645. The van der Waals surface area contributed by atoms with Crippen LogP contribution in [-0.4, -0.2) is 20.3 Å². The fourth-order valence-corrected chi connectivity index (χ4v) is 1.33. The van der Waals surface area contributed by atoms with Gasteiger partial charge in [0.2, 0.25) is 0 Å². The Balaban J connectivity index is 3.11. The molecule has 0 spiro atoms. The first kappa shape index (κ1) is 8.43. The summed E-state index contributed by atoms with van der Waals surface area (Å²) in [6.07, 6.45) is 0. The van der Waals surface area contributed by atoms with Gasteiger partial charge in [-0.05, 0) is 12.1 Å². The van der Waals surface area contributed by atoms with E-state index in [1.807, 2.05) is 4.98 Å². The second kappa shape index (κ2) is 2.66. The minimum absolute atomic E-state index is 0.0475. The molecule has 4 N–H and O–H groups in total. The fourth-order valence-electron chi connectivity index (χ4n) is 1.33. The summed E-state index contributed by atoms with van der Waals surface area (Å²) in [6.45, 7) is 0. The number of aromatic nitrogens is 1. The van der Waals surface area contributed by atoms with E-state index < -0.39 is 11.3 Å². The molecule has 0 bridgehead atoms. The lowest BCUT2D eigenvalue weighted by molar-refractivity contribution is 0.439. The van der Waals surface area contributed by atoms with Crippen LogP contribution in [-0.2, 0) is 0 Å². The molecular weight excluding hydrogens is 186 g/mol. The van der Waals surface area contributed by atoms with Crippen molar-refractivity contribution in [3.05, 3.63) is 28.6 Å². The Morgan fingerprint density at radius 1 is 1.14 bits per heavy atom. The van der Waals surface area contributed by atoms with Gasteiger partial charge < -0.3 is 15.3 Å². The third kappa shape index (κ3) is 0.990. The maximum absolute atomic E-state index is 11.0. The van der Waals surface area contributed by atoms with Crippen LogP contribution >= 0.6 is 0 Å². The molecule has 1 aromatic heterocycles. The van der Waals surface area contributed by atoms with Gasteiger partial charge in [-0.25, -0.2) is 0 Å². The van der Waals surface area contributed by atoms with Gasteiger partial charge in [0, 0.05) is 5.39 Å². The zero-order valence-electron chi connectivity index (χ0n) is 6.98. The molecule has 0 amide bonds. The molecule has 14 heavy (non-hydrogen) atoms. The number of hydrogen-bond donors (Lipinski definition) is 4. The number of aromatic amines is 1. The number of aromatic hydroxyl groups is 3. The van der Waals surface area contributed by atoms with Crippen molar-refractivity contribution in [1.82, 2.24) is 4.98 Å². The maximum Gasteiger partial charge on any atom is 0.293 e. The number of fused-ring (bicyclic) bond motifs is 1. The molecule has 0 saturated heterocycles. The first-order chi connectivity index (χ1) is 6.61. The van der Waals surface area contributed by atoms with Crippen LogP contribution in [0.1, 0.15) is 0 Å². The molecule has 0 aliphatic heterocycles. The number of pyridine rings is 1. The Morgan fingerprint density at radius 2 is 1.86 bits per heavy atom. The van der Waals surface area contributed by atoms with Gasteiger partial charge in [0.05, 0.1) is 5.39 Å². The molecule has 0 unspecified atom stereocenters. The maximum atomic E-state index is 11.0. The number of nitrogens with one attached hydrogen (secondary N) is 1. The van der Waals surface area contributed by atoms with Crippen LogP contribution in [0.5, 0.6) is 17.4 Å². The summed E-state index contributed by atoms with van der Waals surface area (Å²) < 4.78 is 0. The van der Waals surface area contributed by atoms with Gasteiger partial charge in [0.25, 0.3) is 5.56 Å². The van der Waals surface area contributed by atoms with E-state index in [4.69, 9.17) is 0 Å². The minimum atomic E-state index is -0.837. The van der Waals surface area contributed by atoms with Crippen LogP contribution < -0.4 is 5.56 Å². The van der Waals surface area contributed by atoms with Gasteiger partial charge in [0.1, 0.15) is 5.75 Å². The number of phenolic OH excluding ortho intramolecular Hbond substituents is 1. The highest BCUT2D eigenvalue weighted by molar-refractivity contribution is 5.95. The zero-order chi connectivity index (χ0) is 10.3. The summed E-state index contributed by atoms with van der Waals surface area (Å²) in [4.78, 5) is 13.1. The number of phenols is 1. The number of H-pyrrole nitrogens is 1. The lowest BCUT2D eigenvalue weighted by Gasteiger charge is -2.03. The molecule has 0 saturated carbocycles. The van der Waals surface area contributed by atoms with E-state index in [0.717, 1.165) is 0 Å². The summed E-state index contributed by atoms with van der Waals surface area (Å²) >= 11 is 0. The summed E-state index contributed by atoms with van der Waals surface area (Å²) in [5, 5.41) is 28.2. The minimum Gasteiger partial charge on any atom is -0.507 e. The Kier molecular flexibility index (Phi) is 1.60.